The van der Waals surface area contributed by atoms with Gasteiger partial charge in [0, 0.05) is 67.4 Å². The molecule has 4 heteroatoms. The average Bonchev–Trinajstić information content (AvgIpc) is 0. The molecule has 0 N–H and O–H groups in total. The van der Waals surface area contributed by atoms with Crippen LogP contribution in [0.3, 0.4) is 0 Å². The van der Waals surface area contributed by atoms with Gasteiger partial charge in [0.25, 0.3) is 0 Å². The summed E-state index contributed by atoms with van der Waals surface area (Å²) in [6.45, 7) is 0. The fourth-order valence-corrected chi connectivity index (χ4v) is 0. The first kappa shape index (κ1) is 37.6. The van der Waals surface area contributed by atoms with Crippen LogP contribution in [0.5, 0.6) is 0 Å². The van der Waals surface area contributed by atoms with Crippen molar-refractivity contribution in [2.75, 3.05) is 0 Å². The molecule has 0 aliphatic heterocycles. The molecule has 0 spiro atoms. The zero-order valence-corrected chi connectivity index (χ0v) is 6.98. The predicted octanol–water partition coefficient (Wildman–Crippen LogP) is -0.767. The summed E-state index contributed by atoms with van der Waals surface area (Å²) in [6.07, 6.45) is 0. The van der Waals surface area contributed by atoms with E-state index in [1.54, 1.807) is 0 Å². The minimum atomic E-state index is 0. The average molecular weight is 155 g/mol. The molecule has 0 aromatic carbocycles. The van der Waals surface area contributed by atoms with Crippen LogP contribution in [0.1, 0.15) is 0 Å². The summed E-state index contributed by atoms with van der Waals surface area (Å²) in [6, 6.07) is 0. The van der Waals surface area contributed by atoms with Crippen LogP contribution in [0.15, 0.2) is 0 Å². The molecule has 0 fully saturated rings. The van der Waals surface area contributed by atoms with Gasteiger partial charge in [0.2, 0.25) is 0 Å². The maximum Gasteiger partial charge on any atom is 0 e. The molecule has 0 aromatic heterocycles. The normalized spacial score (nSPS) is 0. The Bertz CT molecular complexity index is 8.00. The van der Waals surface area contributed by atoms with Crippen molar-refractivity contribution < 1.29 is 39.1 Å². The summed E-state index contributed by atoms with van der Waals surface area (Å²) in [4.78, 5) is 0. The summed E-state index contributed by atoms with van der Waals surface area (Å²) in [5.74, 6) is 0. The second kappa shape index (κ2) is 20.0. The van der Waals surface area contributed by atoms with E-state index in [0.717, 1.165) is 0 Å². The van der Waals surface area contributed by atoms with Gasteiger partial charge >= 0.3 is 0 Å². The van der Waals surface area contributed by atoms with Crippen LogP contribution in [0.4, 0.5) is 0 Å². The topological polar surface area (TPSA) is 0 Å². The number of rotatable bonds is 0. The monoisotopic (exact) mass is 155 g/mol. The molecule has 17 valence electrons. The maximum absolute atomic E-state index is 0. The van der Waals surface area contributed by atoms with Crippen LogP contribution < -0.4 is 0 Å². The van der Waals surface area contributed by atoms with Crippen molar-refractivity contribution in [2.45, 2.75) is 0 Å². The summed E-state index contributed by atoms with van der Waals surface area (Å²) in [5, 5.41) is 0. The SMILES string of the molecule is [Al].[Cr].[Si].[Ti]. The van der Waals surface area contributed by atoms with Gasteiger partial charge in [-0.3, -0.25) is 0 Å². The molecule has 4 heavy (non-hydrogen) atoms. The van der Waals surface area contributed by atoms with Crippen molar-refractivity contribution in [1.29, 1.82) is 0 Å². The van der Waals surface area contributed by atoms with Crippen molar-refractivity contribution in [2.24, 2.45) is 0 Å². The van der Waals surface area contributed by atoms with Gasteiger partial charge in [0.1, 0.15) is 0 Å². The Morgan fingerprint density at radius 1 is 1.00 bits per heavy atom. The molecular weight excluding hydrogens is 155 g/mol. The van der Waals surface area contributed by atoms with E-state index in [-0.39, 0.29) is 67.4 Å². The first-order valence-electron chi connectivity index (χ1n) is 0. The molecule has 7 radical (unpaired) electrons. The Hall–Kier alpha value is 2.00. The van der Waals surface area contributed by atoms with Crippen LogP contribution in [-0.2, 0) is 39.1 Å². The molecule has 0 aromatic rings. The van der Waals surface area contributed by atoms with Crippen LogP contribution in [0.25, 0.3) is 0 Å². The third-order valence-corrected chi connectivity index (χ3v) is 0. The molecule has 0 unspecified atom stereocenters. The van der Waals surface area contributed by atoms with E-state index in [4.69, 9.17) is 0 Å². The maximum atomic E-state index is 0. The van der Waals surface area contributed by atoms with Crippen LogP contribution in [-0.4, -0.2) is 28.3 Å². The second-order valence-corrected chi connectivity index (χ2v) is 0. The first-order valence-corrected chi connectivity index (χ1v) is 0. The first-order chi connectivity index (χ1) is 0. The van der Waals surface area contributed by atoms with Gasteiger partial charge in [-0.15, -0.1) is 0 Å². The number of hydrogen-bond acceptors (Lipinski definition) is 0. The Morgan fingerprint density at radius 3 is 1.00 bits per heavy atom. The van der Waals surface area contributed by atoms with Gasteiger partial charge in [-0.1, -0.05) is 0 Å². The van der Waals surface area contributed by atoms with E-state index >= 15 is 0 Å². The van der Waals surface area contributed by atoms with Crippen molar-refractivity contribution >= 4 is 28.3 Å². The van der Waals surface area contributed by atoms with E-state index in [0.29, 0.717) is 0 Å². The summed E-state index contributed by atoms with van der Waals surface area (Å²) in [5.41, 5.74) is 0. The van der Waals surface area contributed by atoms with Gasteiger partial charge in [0.05, 0.1) is 0 Å². The van der Waals surface area contributed by atoms with Gasteiger partial charge in [0.15, 0.2) is 0 Å². The Balaban J connectivity index is 0. The van der Waals surface area contributed by atoms with E-state index in [2.05, 4.69) is 0 Å². The van der Waals surface area contributed by atoms with Crippen molar-refractivity contribution in [3.8, 4) is 0 Å². The van der Waals surface area contributed by atoms with Gasteiger partial charge in [-0.2, -0.15) is 0 Å². The number of hydrogen-bond donors (Lipinski definition) is 0. The predicted molar refractivity (Wildman–Crippen MR) is 11.5 cm³/mol. The second-order valence-electron chi connectivity index (χ2n) is 0. The third-order valence-electron chi connectivity index (χ3n) is 0. The third kappa shape index (κ3) is 9.00. The molecule has 0 aliphatic rings. The van der Waals surface area contributed by atoms with Crippen molar-refractivity contribution in [3.05, 3.63) is 0 Å². The standard InChI is InChI=1S/Al.Cr.Si.Ti. The summed E-state index contributed by atoms with van der Waals surface area (Å²) in [7, 11) is 0. The van der Waals surface area contributed by atoms with Crippen molar-refractivity contribution in [1.82, 2.24) is 0 Å². The Labute approximate surface area is 66.9 Å². The van der Waals surface area contributed by atoms with Crippen LogP contribution in [0, 0.1) is 0 Å². The zero-order valence-electron chi connectivity index (χ0n) is 1.99. The smallest absolute Gasteiger partial charge is 0 e. The van der Waals surface area contributed by atoms with Crippen molar-refractivity contribution in [3.63, 3.8) is 0 Å². The van der Waals surface area contributed by atoms with Gasteiger partial charge in [-0.05, 0) is 0 Å². The molecule has 0 aliphatic carbocycles. The Morgan fingerprint density at radius 2 is 1.00 bits per heavy atom. The van der Waals surface area contributed by atoms with E-state index < -0.39 is 0 Å². The molecule has 0 rings (SSSR count). The molecule has 0 heterocycles. The largest absolute Gasteiger partial charge is 0 e. The fourth-order valence-electron chi connectivity index (χ4n) is 0. The molecular formula is AlCrSiTi. The zero-order chi connectivity index (χ0) is 0. The van der Waals surface area contributed by atoms with E-state index in [1.165, 1.54) is 0 Å². The van der Waals surface area contributed by atoms with E-state index in [1.807, 2.05) is 0 Å². The Kier molecular flexibility index (Phi) is 188. The summed E-state index contributed by atoms with van der Waals surface area (Å²) < 4.78 is 0. The molecule has 0 saturated carbocycles. The minimum Gasteiger partial charge on any atom is 0 e. The van der Waals surface area contributed by atoms with Gasteiger partial charge in [-0.25, -0.2) is 0 Å². The van der Waals surface area contributed by atoms with E-state index in [9.17, 15) is 0 Å². The van der Waals surface area contributed by atoms with Gasteiger partial charge < -0.3 is 0 Å². The molecule has 0 amide bonds. The quantitative estimate of drug-likeness (QED) is 0.403. The minimum absolute atomic E-state index is 0. The summed E-state index contributed by atoms with van der Waals surface area (Å²) >= 11 is 0. The molecule has 0 bridgehead atoms. The molecule has 0 saturated heterocycles. The molecule has 0 atom stereocenters. The van der Waals surface area contributed by atoms with Crippen LogP contribution >= 0.6 is 0 Å². The molecule has 0 nitrogen and oxygen atoms in total. The fraction of sp³-hybridized carbons (Fsp3) is 0. The van der Waals surface area contributed by atoms with Crippen LogP contribution in [0.2, 0.25) is 0 Å².